The Morgan fingerprint density at radius 3 is 2.50 bits per heavy atom. The molecule has 7 nitrogen and oxygen atoms in total. The molecule has 0 unspecified atom stereocenters. The van der Waals surface area contributed by atoms with Gasteiger partial charge in [-0.1, -0.05) is 40.9 Å². The summed E-state index contributed by atoms with van der Waals surface area (Å²) in [7, 11) is 0. The van der Waals surface area contributed by atoms with E-state index < -0.39 is 11.8 Å². The van der Waals surface area contributed by atoms with Crippen LogP contribution in [0.5, 0.6) is 0 Å². The van der Waals surface area contributed by atoms with Crippen LogP contribution in [0.4, 0.5) is 16.5 Å². The van der Waals surface area contributed by atoms with Gasteiger partial charge in [-0.2, -0.15) is 0 Å². The van der Waals surface area contributed by atoms with Crippen molar-refractivity contribution < 1.29 is 14.4 Å². The molecule has 2 aromatic carbocycles. The van der Waals surface area contributed by atoms with Crippen LogP contribution in [0.25, 0.3) is 0 Å². The number of aryl methyl sites for hydroxylation is 1. The highest BCUT2D eigenvalue weighted by atomic mass is 35.5. The third kappa shape index (κ3) is 4.35. The second-order valence-electron chi connectivity index (χ2n) is 6.69. The van der Waals surface area contributed by atoms with E-state index in [9.17, 15) is 14.4 Å². The third-order valence-corrected chi connectivity index (χ3v) is 6.39. The van der Waals surface area contributed by atoms with Crippen molar-refractivity contribution in [2.24, 2.45) is 0 Å². The lowest BCUT2D eigenvalue weighted by Gasteiger charge is -2.16. The zero-order chi connectivity index (χ0) is 23.0. The van der Waals surface area contributed by atoms with Gasteiger partial charge in [0.05, 0.1) is 21.4 Å². The maximum atomic E-state index is 12.9. The van der Waals surface area contributed by atoms with Gasteiger partial charge in [-0.25, -0.2) is 9.88 Å². The highest BCUT2D eigenvalue weighted by Crippen LogP contribution is 2.33. The van der Waals surface area contributed by atoms with Crippen molar-refractivity contribution >= 4 is 80.4 Å². The van der Waals surface area contributed by atoms with E-state index in [0.29, 0.717) is 16.4 Å². The molecule has 0 atom stereocenters. The second-order valence-corrected chi connectivity index (χ2v) is 8.74. The Morgan fingerprint density at radius 2 is 1.81 bits per heavy atom. The standard InChI is InChI=1S/C21H13Cl3N4O3S/c1-10-9-32-21(25-10)27-18(29)11-3-2-4-12(7-11)26-17-16(24)19(30)28(20(17)31)13-5-6-14(22)15(23)8-13/h2-9,26H,1H3,(H,25,27,29). The lowest BCUT2D eigenvalue weighted by atomic mass is 10.2. The summed E-state index contributed by atoms with van der Waals surface area (Å²) in [5, 5.41) is 8.05. The van der Waals surface area contributed by atoms with Gasteiger partial charge in [0.2, 0.25) is 0 Å². The van der Waals surface area contributed by atoms with E-state index in [0.717, 1.165) is 10.6 Å². The van der Waals surface area contributed by atoms with Crippen LogP contribution in [-0.4, -0.2) is 22.7 Å². The molecule has 2 N–H and O–H groups in total. The summed E-state index contributed by atoms with van der Waals surface area (Å²) in [5.74, 6) is -1.73. The van der Waals surface area contributed by atoms with Gasteiger partial charge >= 0.3 is 0 Å². The first-order chi connectivity index (χ1) is 15.2. The number of anilines is 3. The number of thiazole rings is 1. The highest BCUT2D eigenvalue weighted by Gasteiger charge is 2.39. The molecule has 0 fully saturated rings. The molecule has 0 bridgehead atoms. The molecule has 11 heteroatoms. The summed E-state index contributed by atoms with van der Waals surface area (Å²) >= 11 is 19.4. The molecule has 1 aliphatic rings. The van der Waals surface area contributed by atoms with Crippen LogP contribution < -0.4 is 15.5 Å². The molecule has 1 aliphatic heterocycles. The smallest absolute Gasteiger partial charge is 0.283 e. The minimum absolute atomic E-state index is 0.115. The Bertz CT molecular complexity index is 1300. The van der Waals surface area contributed by atoms with E-state index in [2.05, 4.69) is 15.6 Å². The van der Waals surface area contributed by atoms with Crippen LogP contribution in [0.1, 0.15) is 16.1 Å². The quantitative estimate of drug-likeness (QED) is 0.448. The van der Waals surface area contributed by atoms with Gasteiger partial charge in [0, 0.05) is 16.6 Å². The second kappa shape index (κ2) is 8.91. The molecular formula is C21H13Cl3N4O3S. The zero-order valence-electron chi connectivity index (χ0n) is 16.3. The number of rotatable bonds is 5. The van der Waals surface area contributed by atoms with Gasteiger partial charge in [-0.05, 0) is 43.3 Å². The van der Waals surface area contributed by atoms with Crippen molar-refractivity contribution in [3.05, 3.63) is 79.9 Å². The van der Waals surface area contributed by atoms with Crippen LogP contribution in [0.3, 0.4) is 0 Å². The molecule has 4 rings (SSSR count). The SMILES string of the molecule is Cc1csc(NC(=O)c2cccc(NC3=C(Cl)C(=O)N(c4ccc(Cl)c(Cl)c4)C3=O)c2)n1. The average Bonchev–Trinajstić information content (AvgIpc) is 3.26. The number of benzene rings is 2. The number of nitrogens with zero attached hydrogens (tertiary/aromatic N) is 2. The summed E-state index contributed by atoms with van der Waals surface area (Å²) < 4.78 is 0. The van der Waals surface area contributed by atoms with Gasteiger partial charge in [0.25, 0.3) is 17.7 Å². The zero-order valence-corrected chi connectivity index (χ0v) is 19.4. The lowest BCUT2D eigenvalue weighted by molar-refractivity contribution is -0.120. The number of imide groups is 1. The van der Waals surface area contributed by atoms with Gasteiger partial charge in [0.1, 0.15) is 10.7 Å². The van der Waals surface area contributed by atoms with Crippen molar-refractivity contribution in [1.82, 2.24) is 4.98 Å². The number of hydrogen-bond donors (Lipinski definition) is 2. The van der Waals surface area contributed by atoms with Gasteiger partial charge in [-0.3, -0.25) is 19.7 Å². The number of aromatic nitrogens is 1. The molecule has 1 aromatic heterocycles. The van der Waals surface area contributed by atoms with E-state index >= 15 is 0 Å². The molecule has 3 amide bonds. The average molecular weight is 508 g/mol. The largest absolute Gasteiger partial charge is 0.350 e. The molecule has 0 aliphatic carbocycles. The van der Waals surface area contributed by atoms with E-state index in [4.69, 9.17) is 34.8 Å². The van der Waals surface area contributed by atoms with E-state index in [-0.39, 0.29) is 32.4 Å². The lowest BCUT2D eigenvalue weighted by Crippen LogP contribution is -2.32. The molecule has 2 heterocycles. The summed E-state index contributed by atoms with van der Waals surface area (Å²) in [6, 6.07) is 10.8. The Balaban J connectivity index is 1.55. The number of carbonyl (C=O) groups is 3. The molecule has 0 spiro atoms. The summed E-state index contributed by atoms with van der Waals surface area (Å²) in [6.45, 7) is 1.83. The predicted molar refractivity (Wildman–Crippen MR) is 127 cm³/mol. The molecule has 0 radical (unpaired) electrons. The fraction of sp³-hybridized carbons (Fsp3) is 0.0476. The molecule has 0 saturated heterocycles. The first-order valence-electron chi connectivity index (χ1n) is 9.09. The van der Waals surface area contributed by atoms with Crippen LogP contribution in [0, 0.1) is 6.92 Å². The Labute approximate surface area is 201 Å². The molecule has 3 aromatic rings. The molecular weight excluding hydrogens is 495 g/mol. The normalized spacial score (nSPS) is 13.7. The Hall–Kier alpha value is -2.91. The predicted octanol–water partition coefficient (Wildman–Crippen LogP) is 5.45. The molecule has 0 saturated carbocycles. The summed E-state index contributed by atoms with van der Waals surface area (Å²) in [5.41, 5.74) is 1.65. The monoisotopic (exact) mass is 506 g/mol. The Kier molecular flexibility index (Phi) is 6.21. The summed E-state index contributed by atoms with van der Waals surface area (Å²) in [4.78, 5) is 43.2. The molecule has 32 heavy (non-hydrogen) atoms. The van der Waals surface area contributed by atoms with Crippen LogP contribution in [0.2, 0.25) is 10.0 Å². The van der Waals surface area contributed by atoms with E-state index in [1.54, 1.807) is 18.2 Å². The Morgan fingerprint density at radius 1 is 1.03 bits per heavy atom. The molecule has 162 valence electrons. The van der Waals surface area contributed by atoms with E-state index in [1.807, 2.05) is 12.3 Å². The third-order valence-electron chi connectivity index (χ3n) is 4.42. The minimum Gasteiger partial charge on any atom is -0.350 e. The van der Waals surface area contributed by atoms with Crippen molar-refractivity contribution in [2.75, 3.05) is 15.5 Å². The van der Waals surface area contributed by atoms with Crippen molar-refractivity contribution in [3.8, 4) is 0 Å². The van der Waals surface area contributed by atoms with Gasteiger partial charge in [-0.15, -0.1) is 11.3 Å². The fourth-order valence-electron chi connectivity index (χ4n) is 2.93. The van der Waals surface area contributed by atoms with Crippen LogP contribution in [0.15, 0.2) is 58.6 Å². The fourth-order valence-corrected chi connectivity index (χ4v) is 4.12. The number of amides is 3. The van der Waals surface area contributed by atoms with Gasteiger partial charge in [0.15, 0.2) is 5.13 Å². The first-order valence-corrected chi connectivity index (χ1v) is 11.1. The van der Waals surface area contributed by atoms with Gasteiger partial charge < -0.3 is 5.32 Å². The summed E-state index contributed by atoms with van der Waals surface area (Å²) in [6.07, 6.45) is 0. The van der Waals surface area contributed by atoms with Crippen LogP contribution in [-0.2, 0) is 9.59 Å². The highest BCUT2D eigenvalue weighted by molar-refractivity contribution is 7.13. The minimum atomic E-state index is -0.703. The number of carbonyl (C=O) groups excluding carboxylic acids is 3. The van der Waals surface area contributed by atoms with Crippen molar-refractivity contribution in [3.63, 3.8) is 0 Å². The van der Waals surface area contributed by atoms with Crippen molar-refractivity contribution in [1.29, 1.82) is 0 Å². The van der Waals surface area contributed by atoms with Crippen molar-refractivity contribution in [2.45, 2.75) is 6.92 Å². The first kappa shape index (κ1) is 22.3. The topological polar surface area (TPSA) is 91.4 Å². The van der Waals surface area contributed by atoms with E-state index in [1.165, 1.54) is 35.6 Å². The number of nitrogens with one attached hydrogen (secondary N) is 2. The maximum Gasteiger partial charge on any atom is 0.283 e. The van der Waals surface area contributed by atoms with Crippen LogP contribution >= 0.6 is 46.1 Å². The number of halogens is 3. The number of hydrogen-bond acceptors (Lipinski definition) is 6. The maximum absolute atomic E-state index is 12.9.